The average Bonchev–Trinajstić information content (AvgIpc) is 3.58. The van der Waals surface area contributed by atoms with Crippen molar-refractivity contribution >= 4 is 53.7 Å². The number of hydrogen-bond donors (Lipinski definition) is 4. The number of rotatable bonds is 15. The van der Waals surface area contributed by atoms with Gasteiger partial charge in [0.05, 0.1) is 0 Å². The molecular weight excluding hydrogens is 666 g/mol. The Labute approximate surface area is 278 Å². The maximum atomic E-state index is 13.7. The highest BCUT2D eigenvalue weighted by Gasteiger charge is 2.66. The molecule has 1 unspecified atom stereocenters. The summed E-state index contributed by atoms with van der Waals surface area (Å²) in [6.07, 6.45) is -2.40. The molecule has 0 aromatic carbocycles. The molecule has 2 saturated heterocycles. The van der Waals surface area contributed by atoms with Crippen molar-refractivity contribution in [3.05, 3.63) is 0 Å². The van der Waals surface area contributed by atoms with Gasteiger partial charge in [-0.1, -0.05) is 5.06 Å². The normalized spacial score (nSPS) is 21.7. The summed E-state index contributed by atoms with van der Waals surface area (Å²) < 4.78 is 16.0. The van der Waals surface area contributed by atoms with Crippen LogP contribution in [0.15, 0.2) is 4.99 Å². The number of ether oxygens (including phenoxy) is 3. The van der Waals surface area contributed by atoms with Gasteiger partial charge in [-0.05, 0) is 19.3 Å². The van der Waals surface area contributed by atoms with Crippen molar-refractivity contribution in [3.63, 3.8) is 0 Å². The molecule has 2 heterocycles. The van der Waals surface area contributed by atoms with E-state index in [4.69, 9.17) is 41.1 Å². The molecular formula is C26H39N7O16. The number of hydroxylamine groups is 5. The summed E-state index contributed by atoms with van der Waals surface area (Å²) in [4.78, 5) is 127. The van der Waals surface area contributed by atoms with Crippen molar-refractivity contribution in [2.45, 2.75) is 83.4 Å². The van der Waals surface area contributed by atoms with E-state index in [-0.39, 0.29) is 31.9 Å². The zero-order valence-corrected chi connectivity index (χ0v) is 27.1. The standard InChI is InChI=1S/C26H39N7O16/c1-14(34)43-25(29,9-6-10-30-24(27)28)22(40)47-33-12-8-19(42-20(38)13-31-45-15(2)35)26(33,23(41)49-48-17(4)37)44-21(39)18-7-5-11-32(18)46-16(3)36/h18-19,31H,5-13,29H2,1-4H3,(H4,27,28,30)/t18-,19?,25+,26-/m0/s1. The first-order valence-electron chi connectivity index (χ1n) is 14.6. The number of esters is 3. The molecule has 0 aliphatic carbocycles. The number of guanidine groups is 1. The average molecular weight is 706 g/mol. The molecule has 0 spiro atoms. The molecule has 0 amide bonds. The predicted octanol–water partition coefficient (Wildman–Crippen LogP) is -3.40. The van der Waals surface area contributed by atoms with E-state index in [1.165, 1.54) is 0 Å². The minimum Gasteiger partial charge on any atom is -0.455 e. The van der Waals surface area contributed by atoms with Crippen LogP contribution in [0, 0.1) is 0 Å². The highest BCUT2D eigenvalue weighted by atomic mass is 17.2. The fourth-order valence-corrected chi connectivity index (χ4v) is 4.60. The number of hydrogen-bond acceptors (Lipinski definition) is 21. The number of aliphatic imine (C=N–C) groups is 1. The predicted molar refractivity (Wildman–Crippen MR) is 154 cm³/mol. The second kappa shape index (κ2) is 17.9. The van der Waals surface area contributed by atoms with Gasteiger partial charge >= 0.3 is 53.5 Å². The second-order valence-electron chi connectivity index (χ2n) is 10.5. The SMILES string of the molecule is CC(=O)ONCC(=O)OC1CCN(OC(=O)[C@@](N)(CCCN=C(N)N)OC(C)=O)[C@@]1(OC(=O)[C@@H]1CCCN1OC(C)=O)C(=O)OOC(C)=O. The van der Waals surface area contributed by atoms with Crippen molar-refractivity contribution in [2.75, 3.05) is 26.2 Å². The molecule has 274 valence electrons. The van der Waals surface area contributed by atoms with Crippen molar-refractivity contribution in [2.24, 2.45) is 22.2 Å². The van der Waals surface area contributed by atoms with E-state index in [1.807, 2.05) is 5.48 Å². The van der Waals surface area contributed by atoms with E-state index in [2.05, 4.69) is 19.6 Å². The van der Waals surface area contributed by atoms with Gasteiger partial charge in [0.2, 0.25) is 0 Å². The molecule has 23 heteroatoms. The number of carbonyl (C=O) groups excluding carboxylic acids is 8. The Morgan fingerprint density at radius 2 is 1.59 bits per heavy atom. The Balaban J connectivity index is 2.57. The fourth-order valence-electron chi connectivity index (χ4n) is 4.60. The Bertz CT molecular complexity index is 1320. The summed E-state index contributed by atoms with van der Waals surface area (Å²) in [5, 5.41) is 1.40. The van der Waals surface area contributed by atoms with Gasteiger partial charge in [0, 0.05) is 60.2 Å². The van der Waals surface area contributed by atoms with E-state index >= 15 is 0 Å². The third kappa shape index (κ3) is 11.5. The van der Waals surface area contributed by atoms with Gasteiger partial charge in [-0.3, -0.25) is 34.7 Å². The maximum Gasteiger partial charge on any atom is 0.421 e. The minimum atomic E-state index is -3.07. The molecule has 7 N–H and O–H groups in total. The molecule has 23 nitrogen and oxygen atoms in total. The molecule has 0 aromatic heterocycles. The van der Waals surface area contributed by atoms with Crippen molar-refractivity contribution < 1.29 is 76.9 Å². The van der Waals surface area contributed by atoms with Gasteiger partial charge < -0.3 is 40.2 Å². The van der Waals surface area contributed by atoms with E-state index in [9.17, 15) is 38.4 Å². The lowest BCUT2D eigenvalue weighted by Crippen LogP contribution is -2.64. The van der Waals surface area contributed by atoms with Crippen molar-refractivity contribution in [1.29, 1.82) is 0 Å². The molecule has 2 aliphatic rings. The third-order valence-electron chi connectivity index (χ3n) is 6.48. The Hall–Kier alpha value is -5.13. The Kier molecular flexibility index (Phi) is 14.6. The summed E-state index contributed by atoms with van der Waals surface area (Å²) in [5.41, 5.74) is 13.1. The lowest BCUT2D eigenvalue weighted by Gasteiger charge is -2.38. The summed E-state index contributed by atoms with van der Waals surface area (Å²) in [7, 11) is 0. The van der Waals surface area contributed by atoms with Crippen LogP contribution in [-0.4, -0.2) is 114 Å². The molecule has 4 atom stereocenters. The topological polar surface area (TPSA) is 319 Å². The lowest BCUT2D eigenvalue weighted by atomic mass is 10.1. The van der Waals surface area contributed by atoms with Crippen LogP contribution in [0.25, 0.3) is 0 Å². The van der Waals surface area contributed by atoms with Crippen LogP contribution in [0.4, 0.5) is 0 Å². The zero-order chi connectivity index (χ0) is 36.9. The maximum absolute atomic E-state index is 13.7. The van der Waals surface area contributed by atoms with Crippen LogP contribution in [0.1, 0.15) is 59.8 Å². The molecule has 0 aromatic rings. The highest BCUT2D eigenvalue weighted by molar-refractivity contribution is 5.88. The van der Waals surface area contributed by atoms with Crippen molar-refractivity contribution in [3.8, 4) is 0 Å². The summed E-state index contributed by atoms with van der Waals surface area (Å²) in [6.45, 7) is 2.61. The fraction of sp³-hybridized carbons (Fsp3) is 0.654. The summed E-state index contributed by atoms with van der Waals surface area (Å²) in [5.74, 6) is -9.75. The lowest BCUT2D eigenvalue weighted by molar-refractivity contribution is -0.320. The highest BCUT2D eigenvalue weighted by Crippen LogP contribution is 2.37. The molecule has 49 heavy (non-hydrogen) atoms. The monoisotopic (exact) mass is 705 g/mol. The van der Waals surface area contributed by atoms with Crippen LogP contribution in [0.2, 0.25) is 0 Å². The number of nitrogens with two attached hydrogens (primary N) is 3. The quantitative estimate of drug-likeness (QED) is 0.0188. The van der Waals surface area contributed by atoms with E-state index in [0.717, 1.165) is 32.8 Å². The zero-order valence-electron chi connectivity index (χ0n) is 27.1. The van der Waals surface area contributed by atoms with Crippen LogP contribution in [-0.2, 0) is 76.9 Å². The van der Waals surface area contributed by atoms with Crippen LogP contribution in [0.3, 0.4) is 0 Å². The van der Waals surface area contributed by atoms with Crippen LogP contribution in [0.5, 0.6) is 0 Å². The smallest absolute Gasteiger partial charge is 0.421 e. The Morgan fingerprint density at radius 1 is 0.898 bits per heavy atom. The molecule has 0 saturated carbocycles. The number of nitrogens with one attached hydrogen (secondary N) is 1. The van der Waals surface area contributed by atoms with Gasteiger partial charge in [-0.15, -0.1) is 10.5 Å². The molecule has 2 aliphatic heterocycles. The largest absolute Gasteiger partial charge is 0.455 e. The number of nitrogens with zero attached hydrogens (tertiary/aromatic N) is 3. The second-order valence-corrected chi connectivity index (χ2v) is 10.5. The van der Waals surface area contributed by atoms with Gasteiger partial charge in [0.25, 0.3) is 5.72 Å². The van der Waals surface area contributed by atoms with Crippen molar-refractivity contribution in [1.82, 2.24) is 15.6 Å². The molecule has 0 bridgehead atoms. The van der Waals surface area contributed by atoms with Gasteiger partial charge in [-0.2, -0.15) is 0 Å². The van der Waals surface area contributed by atoms with Gasteiger partial charge in [-0.25, -0.2) is 24.2 Å². The van der Waals surface area contributed by atoms with E-state index < -0.39 is 97.3 Å². The third-order valence-corrected chi connectivity index (χ3v) is 6.48. The first kappa shape index (κ1) is 40.0. The Morgan fingerprint density at radius 3 is 2.18 bits per heavy atom. The van der Waals surface area contributed by atoms with Gasteiger partial charge in [0.15, 0.2) is 12.1 Å². The van der Waals surface area contributed by atoms with E-state index in [1.54, 1.807) is 0 Å². The van der Waals surface area contributed by atoms with E-state index in [0.29, 0.717) is 11.5 Å². The number of carbonyl (C=O) groups is 8. The van der Waals surface area contributed by atoms with Gasteiger partial charge in [0.1, 0.15) is 12.6 Å². The summed E-state index contributed by atoms with van der Waals surface area (Å²) in [6, 6.07) is -1.33. The molecule has 2 rings (SSSR count). The molecule has 0 radical (unpaired) electrons. The summed E-state index contributed by atoms with van der Waals surface area (Å²) >= 11 is 0. The van der Waals surface area contributed by atoms with Crippen LogP contribution >= 0.6 is 0 Å². The first-order chi connectivity index (χ1) is 22.9. The van der Waals surface area contributed by atoms with Crippen LogP contribution < -0.4 is 22.7 Å². The minimum absolute atomic E-state index is 0.0331. The molecule has 2 fully saturated rings. The first-order valence-corrected chi connectivity index (χ1v) is 14.6.